The van der Waals surface area contributed by atoms with E-state index < -0.39 is 0 Å². The summed E-state index contributed by atoms with van der Waals surface area (Å²) in [4.78, 5) is 0. The van der Waals surface area contributed by atoms with E-state index in [0.717, 1.165) is 0 Å². The van der Waals surface area contributed by atoms with Gasteiger partial charge >= 0.3 is 0 Å². The molecule has 55 heavy (non-hydrogen) atoms. The molecule has 0 atom stereocenters. The van der Waals surface area contributed by atoms with E-state index in [4.69, 9.17) is 0 Å². The molecule has 0 unspecified atom stereocenters. The SMILES string of the molecule is c1ccc(-n2c3ccccc3c3cc(-c4cccc(-c5cccc(-c6c7ccccc7c(-c7ccc8ccccc8c7)c7ccccc67)c5)c4)ccc32)cc1. The lowest BCUT2D eigenvalue weighted by Gasteiger charge is -2.18. The quantitative estimate of drug-likeness (QED) is 0.158. The van der Waals surface area contributed by atoms with E-state index in [2.05, 4.69) is 217 Å². The first kappa shape index (κ1) is 31.3. The van der Waals surface area contributed by atoms with Crippen LogP contribution < -0.4 is 0 Å². The first-order valence-corrected chi connectivity index (χ1v) is 19.0. The molecule has 0 saturated heterocycles. The van der Waals surface area contributed by atoms with E-state index >= 15 is 0 Å². The van der Waals surface area contributed by atoms with Gasteiger partial charge in [-0.3, -0.25) is 0 Å². The summed E-state index contributed by atoms with van der Waals surface area (Å²) in [5.74, 6) is 0. The van der Waals surface area contributed by atoms with Crippen LogP contribution in [-0.2, 0) is 0 Å². The van der Waals surface area contributed by atoms with Crippen molar-refractivity contribution in [2.75, 3.05) is 0 Å². The maximum atomic E-state index is 2.37. The van der Waals surface area contributed by atoms with E-state index in [-0.39, 0.29) is 0 Å². The van der Waals surface area contributed by atoms with E-state index in [1.54, 1.807) is 0 Å². The van der Waals surface area contributed by atoms with E-state index in [0.29, 0.717) is 0 Å². The predicted octanol–water partition coefficient (Wildman–Crippen LogP) is 14.9. The highest BCUT2D eigenvalue weighted by atomic mass is 15.0. The molecule has 11 aromatic rings. The molecule has 1 heteroatoms. The summed E-state index contributed by atoms with van der Waals surface area (Å²) in [6.07, 6.45) is 0. The molecular weight excluding hydrogens is 663 g/mol. The standard InChI is InChI=1S/C54H35N/c1-2-20-44(21-3-1)55-51-27-11-10-22-45(51)50-35-41(30-31-52(50)55)39-17-12-16-38(32-39)40-18-13-19-42(34-40)53-46-23-6-8-25-48(46)54(49-26-9-7-24-47(49)53)43-29-28-36-14-4-5-15-37(36)33-43/h1-35H. The van der Waals surface area contributed by atoms with Crippen molar-refractivity contribution in [2.45, 2.75) is 0 Å². The summed E-state index contributed by atoms with van der Waals surface area (Å²) in [6.45, 7) is 0. The van der Waals surface area contributed by atoms with E-state index in [9.17, 15) is 0 Å². The van der Waals surface area contributed by atoms with Crippen LogP contribution in [0.2, 0.25) is 0 Å². The van der Waals surface area contributed by atoms with Gasteiger partial charge in [0.1, 0.15) is 0 Å². The summed E-state index contributed by atoms with van der Waals surface area (Å²) >= 11 is 0. The van der Waals surface area contributed by atoms with Crippen molar-refractivity contribution in [2.24, 2.45) is 0 Å². The van der Waals surface area contributed by atoms with Crippen LogP contribution in [0.15, 0.2) is 212 Å². The Labute approximate surface area is 320 Å². The third-order valence-corrected chi connectivity index (χ3v) is 11.3. The fourth-order valence-electron chi connectivity index (χ4n) is 8.84. The number of hydrogen-bond donors (Lipinski definition) is 0. The molecule has 0 aliphatic carbocycles. The van der Waals surface area contributed by atoms with E-state index in [1.807, 2.05) is 0 Å². The highest BCUT2D eigenvalue weighted by Crippen LogP contribution is 2.45. The molecule has 0 saturated carbocycles. The van der Waals surface area contributed by atoms with Crippen LogP contribution in [0.3, 0.4) is 0 Å². The Morgan fingerprint density at radius 3 is 1.35 bits per heavy atom. The molecule has 1 aromatic heterocycles. The van der Waals surface area contributed by atoms with Crippen LogP contribution in [-0.4, -0.2) is 4.57 Å². The molecule has 0 fully saturated rings. The lowest BCUT2D eigenvalue weighted by atomic mass is 9.85. The maximum absolute atomic E-state index is 2.37. The summed E-state index contributed by atoms with van der Waals surface area (Å²) in [5.41, 5.74) is 13.4. The van der Waals surface area contributed by atoms with Crippen molar-refractivity contribution in [1.29, 1.82) is 0 Å². The fourth-order valence-corrected chi connectivity index (χ4v) is 8.84. The van der Waals surface area contributed by atoms with Crippen molar-refractivity contribution < 1.29 is 0 Å². The number of fused-ring (bicyclic) bond motifs is 6. The Morgan fingerprint density at radius 2 is 0.691 bits per heavy atom. The Kier molecular flexibility index (Phi) is 7.25. The molecular formula is C54H35N. The van der Waals surface area contributed by atoms with Crippen LogP contribution in [0.4, 0.5) is 0 Å². The topological polar surface area (TPSA) is 4.93 Å². The molecule has 0 radical (unpaired) electrons. The number of nitrogens with zero attached hydrogens (tertiary/aromatic N) is 1. The highest BCUT2D eigenvalue weighted by molar-refractivity contribution is 6.22. The summed E-state index contributed by atoms with van der Waals surface area (Å²) in [6, 6.07) is 77.8. The Morgan fingerprint density at radius 1 is 0.236 bits per heavy atom. The lowest BCUT2D eigenvalue weighted by molar-refractivity contribution is 1.18. The average Bonchev–Trinajstić information content (AvgIpc) is 3.59. The first-order valence-electron chi connectivity index (χ1n) is 19.0. The molecule has 11 rings (SSSR count). The van der Waals surface area contributed by atoms with Gasteiger partial charge in [-0.15, -0.1) is 0 Å². The molecule has 0 amide bonds. The maximum Gasteiger partial charge on any atom is 0.0541 e. The van der Waals surface area contributed by atoms with Crippen LogP contribution in [0.25, 0.3) is 104 Å². The summed E-state index contributed by atoms with van der Waals surface area (Å²) in [5, 5.41) is 10.1. The molecule has 1 heterocycles. The van der Waals surface area contributed by atoms with Crippen molar-refractivity contribution in [3.63, 3.8) is 0 Å². The molecule has 0 bridgehead atoms. The Balaban J connectivity index is 1.04. The fraction of sp³-hybridized carbons (Fsp3) is 0. The van der Waals surface area contributed by atoms with Crippen LogP contribution >= 0.6 is 0 Å². The molecule has 0 N–H and O–H groups in total. The molecule has 1 nitrogen and oxygen atoms in total. The summed E-state index contributed by atoms with van der Waals surface area (Å²) in [7, 11) is 0. The predicted molar refractivity (Wildman–Crippen MR) is 235 cm³/mol. The zero-order valence-electron chi connectivity index (χ0n) is 30.2. The number of benzene rings is 10. The minimum atomic E-state index is 1.17. The van der Waals surface area contributed by atoms with Gasteiger partial charge in [0.2, 0.25) is 0 Å². The van der Waals surface area contributed by atoms with Gasteiger partial charge in [-0.25, -0.2) is 0 Å². The third kappa shape index (κ3) is 5.16. The van der Waals surface area contributed by atoms with Gasteiger partial charge < -0.3 is 4.57 Å². The molecule has 0 spiro atoms. The Hall–Kier alpha value is -7.22. The van der Waals surface area contributed by atoms with Crippen molar-refractivity contribution in [1.82, 2.24) is 4.57 Å². The Bertz CT molecular complexity index is 3200. The van der Waals surface area contributed by atoms with Crippen molar-refractivity contribution in [3.8, 4) is 50.2 Å². The second-order valence-electron chi connectivity index (χ2n) is 14.5. The monoisotopic (exact) mass is 697 g/mol. The lowest BCUT2D eigenvalue weighted by Crippen LogP contribution is -1.92. The van der Waals surface area contributed by atoms with Crippen molar-refractivity contribution >= 4 is 54.1 Å². The van der Waals surface area contributed by atoms with Gasteiger partial charge in [-0.1, -0.05) is 164 Å². The second kappa shape index (κ2) is 12.7. The average molecular weight is 698 g/mol. The first-order chi connectivity index (χ1) is 27.3. The zero-order chi connectivity index (χ0) is 36.3. The minimum Gasteiger partial charge on any atom is -0.309 e. The van der Waals surface area contributed by atoms with Crippen LogP contribution in [0, 0.1) is 0 Å². The van der Waals surface area contributed by atoms with Gasteiger partial charge in [-0.2, -0.15) is 0 Å². The molecule has 0 aliphatic heterocycles. The third-order valence-electron chi connectivity index (χ3n) is 11.3. The molecule has 256 valence electrons. The van der Waals surface area contributed by atoms with Gasteiger partial charge in [0, 0.05) is 16.5 Å². The number of aromatic nitrogens is 1. The zero-order valence-corrected chi connectivity index (χ0v) is 30.2. The smallest absolute Gasteiger partial charge is 0.0541 e. The van der Waals surface area contributed by atoms with Gasteiger partial charge in [0.15, 0.2) is 0 Å². The molecule has 10 aromatic carbocycles. The largest absolute Gasteiger partial charge is 0.309 e. The van der Waals surface area contributed by atoms with Gasteiger partial charge in [-0.05, 0) is 125 Å². The van der Waals surface area contributed by atoms with E-state index in [1.165, 1.54) is 104 Å². The number of para-hydroxylation sites is 2. The van der Waals surface area contributed by atoms with Crippen LogP contribution in [0.1, 0.15) is 0 Å². The second-order valence-corrected chi connectivity index (χ2v) is 14.5. The summed E-state index contributed by atoms with van der Waals surface area (Å²) < 4.78 is 2.37. The highest BCUT2D eigenvalue weighted by Gasteiger charge is 2.18. The normalized spacial score (nSPS) is 11.6. The van der Waals surface area contributed by atoms with Crippen molar-refractivity contribution in [3.05, 3.63) is 212 Å². The van der Waals surface area contributed by atoms with Crippen LogP contribution in [0.5, 0.6) is 0 Å². The number of rotatable bonds is 5. The van der Waals surface area contributed by atoms with Gasteiger partial charge in [0.05, 0.1) is 11.0 Å². The number of hydrogen-bond acceptors (Lipinski definition) is 0. The minimum absolute atomic E-state index is 1.17. The van der Waals surface area contributed by atoms with Gasteiger partial charge in [0.25, 0.3) is 0 Å². The molecule has 0 aliphatic rings.